The summed E-state index contributed by atoms with van der Waals surface area (Å²) in [4.78, 5) is 16.7. The molecular formula is C15H11BrN2OS. The molecule has 0 aliphatic rings. The van der Waals surface area contributed by atoms with E-state index in [4.69, 9.17) is 0 Å². The number of hydrogen-bond acceptors (Lipinski definition) is 3. The van der Waals surface area contributed by atoms with Crippen LogP contribution in [0.25, 0.3) is 10.1 Å². The van der Waals surface area contributed by atoms with Gasteiger partial charge in [0.25, 0.3) is 5.91 Å². The number of hydrogen-bond donors (Lipinski definition) is 1. The number of aromatic nitrogens is 1. The van der Waals surface area contributed by atoms with Gasteiger partial charge < -0.3 is 5.32 Å². The molecule has 0 aliphatic heterocycles. The SMILES string of the molecule is Cc1nc(Br)ccc1NC(=O)c1csc2ccccc12. The molecule has 0 atom stereocenters. The molecule has 0 saturated heterocycles. The average molecular weight is 347 g/mol. The minimum atomic E-state index is -0.102. The third kappa shape index (κ3) is 2.46. The van der Waals surface area contributed by atoms with Crippen molar-refractivity contribution in [3.05, 3.63) is 57.6 Å². The number of nitrogens with zero attached hydrogens (tertiary/aromatic N) is 1. The zero-order chi connectivity index (χ0) is 14.1. The summed E-state index contributed by atoms with van der Waals surface area (Å²) in [7, 11) is 0. The highest BCUT2D eigenvalue weighted by molar-refractivity contribution is 9.10. The van der Waals surface area contributed by atoms with E-state index >= 15 is 0 Å². The molecule has 2 heterocycles. The second-order valence-electron chi connectivity index (χ2n) is 4.37. The van der Waals surface area contributed by atoms with Crippen molar-refractivity contribution in [1.29, 1.82) is 0 Å². The first-order chi connectivity index (χ1) is 9.65. The maximum absolute atomic E-state index is 12.4. The van der Waals surface area contributed by atoms with Gasteiger partial charge >= 0.3 is 0 Å². The predicted octanol–water partition coefficient (Wildman–Crippen LogP) is 4.62. The molecule has 3 nitrogen and oxygen atoms in total. The Hall–Kier alpha value is -1.72. The minimum absolute atomic E-state index is 0.102. The fraction of sp³-hybridized carbons (Fsp3) is 0.0667. The van der Waals surface area contributed by atoms with Crippen LogP contribution in [0.4, 0.5) is 5.69 Å². The van der Waals surface area contributed by atoms with Gasteiger partial charge in [0.2, 0.25) is 0 Å². The quantitative estimate of drug-likeness (QED) is 0.688. The van der Waals surface area contributed by atoms with Gasteiger partial charge in [-0.3, -0.25) is 4.79 Å². The van der Waals surface area contributed by atoms with Gasteiger partial charge in [-0.05, 0) is 41.1 Å². The van der Waals surface area contributed by atoms with Gasteiger partial charge in [-0.2, -0.15) is 0 Å². The van der Waals surface area contributed by atoms with Crippen LogP contribution in [-0.4, -0.2) is 10.9 Å². The summed E-state index contributed by atoms with van der Waals surface area (Å²) in [5.74, 6) is -0.102. The highest BCUT2D eigenvalue weighted by Gasteiger charge is 2.13. The molecule has 0 bridgehead atoms. The predicted molar refractivity (Wildman–Crippen MR) is 86.5 cm³/mol. The number of benzene rings is 1. The molecule has 0 spiro atoms. The van der Waals surface area contributed by atoms with Gasteiger partial charge in [-0.25, -0.2) is 4.98 Å². The number of rotatable bonds is 2. The lowest BCUT2D eigenvalue weighted by Crippen LogP contribution is -2.12. The van der Waals surface area contributed by atoms with Crippen LogP contribution in [0.1, 0.15) is 16.1 Å². The Morgan fingerprint density at radius 3 is 2.85 bits per heavy atom. The van der Waals surface area contributed by atoms with Gasteiger partial charge in [0.15, 0.2) is 0 Å². The third-order valence-electron chi connectivity index (χ3n) is 3.03. The molecule has 0 unspecified atom stereocenters. The first-order valence-corrected chi connectivity index (χ1v) is 7.73. The number of carbonyl (C=O) groups excluding carboxylic acids is 1. The second kappa shape index (κ2) is 5.34. The summed E-state index contributed by atoms with van der Waals surface area (Å²) >= 11 is 4.89. The Bertz CT molecular complexity index is 797. The van der Waals surface area contributed by atoms with Crippen molar-refractivity contribution in [1.82, 2.24) is 4.98 Å². The number of anilines is 1. The number of amides is 1. The van der Waals surface area contributed by atoms with E-state index in [9.17, 15) is 4.79 Å². The summed E-state index contributed by atoms with van der Waals surface area (Å²) in [5, 5.41) is 5.79. The zero-order valence-electron chi connectivity index (χ0n) is 10.7. The number of pyridine rings is 1. The molecule has 3 rings (SSSR count). The third-order valence-corrected chi connectivity index (χ3v) is 4.43. The van der Waals surface area contributed by atoms with E-state index in [1.165, 1.54) is 0 Å². The van der Waals surface area contributed by atoms with Gasteiger partial charge in [-0.1, -0.05) is 18.2 Å². The summed E-state index contributed by atoms with van der Waals surface area (Å²) in [6.07, 6.45) is 0. The molecule has 0 radical (unpaired) electrons. The Morgan fingerprint density at radius 1 is 1.25 bits per heavy atom. The first kappa shape index (κ1) is 13.3. The highest BCUT2D eigenvalue weighted by atomic mass is 79.9. The van der Waals surface area contributed by atoms with Gasteiger partial charge in [-0.15, -0.1) is 11.3 Å². The number of halogens is 1. The average Bonchev–Trinajstić information content (AvgIpc) is 2.86. The molecule has 5 heteroatoms. The highest BCUT2D eigenvalue weighted by Crippen LogP contribution is 2.26. The van der Waals surface area contributed by atoms with Crippen LogP contribution < -0.4 is 5.32 Å². The lowest BCUT2D eigenvalue weighted by Gasteiger charge is -2.07. The molecule has 0 saturated carbocycles. The maximum atomic E-state index is 12.4. The number of aryl methyl sites for hydroxylation is 1. The summed E-state index contributed by atoms with van der Waals surface area (Å²) < 4.78 is 1.87. The molecule has 100 valence electrons. The van der Waals surface area contributed by atoms with E-state index in [1.807, 2.05) is 48.7 Å². The summed E-state index contributed by atoms with van der Waals surface area (Å²) in [6.45, 7) is 1.87. The smallest absolute Gasteiger partial charge is 0.257 e. The van der Waals surface area contributed by atoms with Crippen molar-refractivity contribution in [3.63, 3.8) is 0 Å². The van der Waals surface area contributed by atoms with Gasteiger partial charge in [0, 0.05) is 15.5 Å². The van der Waals surface area contributed by atoms with E-state index in [0.717, 1.165) is 26.1 Å². The van der Waals surface area contributed by atoms with Crippen LogP contribution in [0, 0.1) is 6.92 Å². The molecule has 2 aromatic heterocycles. The molecule has 1 amide bonds. The first-order valence-electron chi connectivity index (χ1n) is 6.06. The fourth-order valence-corrected chi connectivity index (χ4v) is 3.34. The van der Waals surface area contributed by atoms with Gasteiger partial charge in [0.05, 0.1) is 16.9 Å². The van der Waals surface area contributed by atoms with Crippen LogP contribution in [0.15, 0.2) is 46.4 Å². The largest absolute Gasteiger partial charge is 0.320 e. The molecule has 1 aromatic carbocycles. The second-order valence-corrected chi connectivity index (χ2v) is 6.09. The van der Waals surface area contributed by atoms with Crippen LogP contribution in [0.5, 0.6) is 0 Å². The molecule has 0 fully saturated rings. The Kier molecular flexibility index (Phi) is 3.54. The lowest BCUT2D eigenvalue weighted by atomic mass is 10.1. The molecular weight excluding hydrogens is 336 g/mol. The normalized spacial score (nSPS) is 10.7. The molecule has 3 aromatic rings. The van der Waals surface area contributed by atoms with Crippen molar-refractivity contribution in [2.24, 2.45) is 0 Å². The number of thiophene rings is 1. The van der Waals surface area contributed by atoms with Crippen molar-refractivity contribution < 1.29 is 4.79 Å². The fourth-order valence-electron chi connectivity index (χ4n) is 2.01. The van der Waals surface area contributed by atoms with Crippen LogP contribution in [0.3, 0.4) is 0 Å². The van der Waals surface area contributed by atoms with E-state index in [1.54, 1.807) is 11.3 Å². The number of carbonyl (C=O) groups is 1. The van der Waals surface area contributed by atoms with E-state index < -0.39 is 0 Å². The topological polar surface area (TPSA) is 42.0 Å². The van der Waals surface area contributed by atoms with Crippen LogP contribution in [0.2, 0.25) is 0 Å². The molecule has 0 aliphatic carbocycles. The van der Waals surface area contributed by atoms with E-state index in [0.29, 0.717) is 5.56 Å². The van der Waals surface area contributed by atoms with E-state index in [2.05, 4.69) is 26.2 Å². The van der Waals surface area contributed by atoms with Crippen LogP contribution >= 0.6 is 27.3 Å². The van der Waals surface area contributed by atoms with Crippen molar-refractivity contribution in [2.45, 2.75) is 6.92 Å². The Morgan fingerprint density at radius 2 is 2.05 bits per heavy atom. The monoisotopic (exact) mass is 346 g/mol. The lowest BCUT2D eigenvalue weighted by molar-refractivity contribution is 0.102. The molecule has 20 heavy (non-hydrogen) atoms. The Balaban J connectivity index is 1.93. The van der Waals surface area contributed by atoms with Crippen LogP contribution in [-0.2, 0) is 0 Å². The maximum Gasteiger partial charge on any atom is 0.257 e. The summed E-state index contributed by atoms with van der Waals surface area (Å²) in [6, 6.07) is 11.6. The van der Waals surface area contributed by atoms with Crippen molar-refractivity contribution >= 4 is 48.9 Å². The standard InChI is InChI=1S/C15H11BrN2OS/c1-9-12(6-7-14(16)17-9)18-15(19)11-8-20-13-5-3-2-4-10(11)13/h2-8H,1H3,(H,18,19). The Labute approximate surface area is 128 Å². The van der Waals surface area contributed by atoms with Crippen molar-refractivity contribution in [2.75, 3.05) is 5.32 Å². The number of fused-ring (bicyclic) bond motifs is 1. The van der Waals surface area contributed by atoms with E-state index in [-0.39, 0.29) is 5.91 Å². The zero-order valence-corrected chi connectivity index (χ0v) is 13.1. The van der Waals surface area contributed by atoms with Crippen molar-refractivity contribution in [3.8, 4) is 0 Å². The van der Waals surface area contributed by atoms with Gasteiger partial charge in [0.1, 0.15) is 4.60 Å². The number of nitrogens with one attached hydrogen (secondary N) is 1. The summed E-state index contributed by atoms with van der Waals surface area (Å²) in [5.41, 5.74) is 2.22. The minimum Gasteiger partial charge on any atom is -0.320 e. The molecule has 1 N–H and O–H groups in total.